The lowest BCUT2D eigenvalue weighted by Gasteiger charge is -2.22. The van der Waals surface area contributed by atoms with Crippen molar-refractivity contribution in [3.8, 4) is 0 Å². The zero-order valence-corrected chi connectivity index (χ0v) is 14.2. The summed E-state index contributed by atoms with van der Waals surface area (Å²) >= 11 is 0. The monoisotopic (exact) mass is 386 g/mol. The Morgan fingerprint density at radius 1 is 1.04 bits per heavy atom. The Kier molecular flexibility index (Phi) is 8.84. The van der Waals surface area contributed by atoms with Crippen LogP contribution in [0.25, 0.3) is 0 Å². The van der Waals surface area contributed by atoms with Gasteiger partial charge in [-0.3, -0.25) is 14.4 Å². The van der Waals surface area contributed by atoms with Crippen LogP contribution in [-0.4, -0.2) is 86.9 Å². The van der Waals surface area contributed by atoms with Gasteiger partial charge in [-0.25, -0.2) is 9.78 Å². The fourth-order valence-corrected chi connectivity index (χ4v) is 2.00. The third-order valence-corrected chi connectivity index (χ3v) is 3.43. The number of carboxylic acids is 1. The molecule has 0 bridgehead atoms. The van der Waals surface area contributed by atoms with Crippen molar-refractivity contribution in [2.75, 3.05) is 19.8 Å². The van der Waals surface area contributed by atoms with Crippen molar-refractivity contribution in [1.29, 1.82) is 0 Å². The number of carboxylic acid groups (broad SMARTS) is 1. The van der Waals surface area contributed by atoms with E-state index in [4.69, 9.17) is 10.8 Å². The Labute approximate surface area is 153 Å². The van der Waals surface area contributed by atoms with Crippen LogP contribution in [-0.2, 0) is 25.6 Å². The number of aliphatic hydroxyl groups excluding tert-OH is 2. The van der Waals surface area contributed by atoms with Gasteiger partial charge < -0.3 is 42.0 Å². The summed E-state index contributed by atoms with van der Waals surface area (Å²) in [6.07, 6.45) is 2.63. The molecule has 13 heteroatoms. The van der Waals surface area contributed by atoms with Crippen LogP contribution < -0.4 is 21.7 Å². The molecule has 0 aliphatic rings. The van der Waals surface area contributed by atoms with Crippen molar-refractivity contribution in [1.82, 2.24) is 25.9 Å². The largest absolute Gasteiger partial charge is 0.480 e. The molecule has 0 saturated carbocycles. The number of hydrogen-bond acceptors (Lipinski definition) is 8. The topological polar surface area (TPSA) is 220 Å². The van der Waals surface area contributed by atoms with E-state index in [2.05, 4.69) is 25.9 Å². The van der Waals surface area contributed by atoms with Gasteiger partial charge in [0.25, 0.3) is 0 Å². The van der Waals surface area contributed by atoms with Crippen LogP contribution in [0, 0.1) is 0 Å². The Balaban J connectivity index is 2.72. The van der Waals surface area contributed by atoms with Crippen molar-refractivity contribution in [3.63, 3.8) is 0 Å². The number of rotatable bonds is 11. The summed E-state index contributed by atoms with van der Waals surface area (Å²) < 4.78 is 0. The number of aromatic amines is 1. The smallest absolute Gasteiger partial charge is 0.326 e. The number of aliphatic carboxylic acids is 1. The van der Waals surface area contributed by atoms with Crippen LogP contribution in [0.1, 0.15) is 5.69 Å². The van der Waals surface area contributed by atoms with Gasteiger partial charge in [0, 0.05) is 18.3 Å². The molecule has 1 heterocycles. The van der Waals surface area contributed by atoms with E-state index in [9.17, 15) is 29.4 Å². The molecule has 0 aliphatic carbocycles. The van der Waals surface area contributed by atoms with Crippen molar-refractivity contribution in [2.45, 2.75) is 24.5 Å². The number of carbonyl (C=O) groups is 4. The van der Waals surface area contributed by atoms with Crippen molar-refractivity contribution in [3.05, 3.63) is 18.2 Å². The van der Waals surface area contributed by atoms with Gasteiger partial charge in [-0.1, -0.05) is 0 Å². The highest BCUT2D eigenvalue weighted by molar-refractivity contribution is 5.93. The third-order valence-electron chi connectivity index (χ3n) is 3.43. The standard InChI is InChI=1S/C14H22N6O7/c15-2-11(23)18-9(4-21)12(24)20-10(5-22)13(25)19-8(14(26)27)1-7-3-16-6-17-7/h3,6,8-10,21-22H,1-2,4-5,15H2,(H,16,17)(H,18,23)(H,19,25)(H,20,24)(H,26,27). The summed E-state index contributed by atoms with van der Waals surface area (Å²) in [6.45, 7) is -2.02. The predicted octanol–water partition coefficient (Wildman–Crippen LogP) is -4.57. The van der Waals surface area contributed by atoms with Crippen molar-refractivity contribution in [2.24, 2.45) is 5.73 Å². The average molecular weight is 386 g/mol. The molecule has 13 nitrogen and oxygen atoms in total. The highest BCUT2D eigenvalue weighted by atomic mass is 16.4. The Morgan fingerprint density at radius 3 is 2.04 bits per heavy atom. The van der Waals surface area contributed by atoms with E-state index in [1.54, 1.807) is 0 Å². The van der Waals surface area contributed by atoms with Gasteiger partial charge in [0.15, 0.2) is 0 Å². The second-order valence-electron chi connectivity index (χ2n) is 5.43. The summed E-state index contributed by atoms with van der Waals surface area (Å²) in [5.74, 6) is -3.95. The number of imidazole rings is 1. The molecule has 1 rings (SSSR count). The van der Waals surface area contributed by atoms with Crippen LogP contribution in [0.3, 0.4) is 0 Å². The van der Waals surface area contributed by atoms with Gasteiger partial charge in [0.2, 0.25) is 17.7 Å². The predicted molar refractivity (Wildman–Crippen MR) is 88.9 cm³/mol. The third kappa shape index (κ3) is 7.01. The molecule has 3 atom stereocenters. The van der Waals surface area contributed by atoms with Gasteiger partial charge in [-0.2, -0.15) is 0 Å². The van der Waals surface area contributed by atoms with E-state index in [0.29, 0.717) is 5.69 Å². The minimum absolute atomic E-state index is 0.0982. The molecule has 0 spiro atoms. The summed E-state index contributed by atoms with van der Waals surface area (Å²) in [6, 6.07) is -4.22. The van der Waals surface area contributed by atoms with E-state index in [0.717, 1.165) is 0 Å². The summed E-state index contributed by atoms with van der Waals surface area (Å²) in [7, 11) is 0. The quantitative estimate of drug-likeness (QED) is 0.183. The van der Waals surface area contributed by atoms with E-state index < -0.39 is 61.6 Å². The molecule has 150 valence electrons. The minimum Gasteiger partial charge on any atom is -0.480 e. The molecular weight excluding hydrogens is 364 g/mol. The lowest BCUT2D eigenvalue weighted by atomic mass is 10.1. The molecule has 1 aromatic heterocycles. The van der Waals surface area contributed by atoms with E-state index in [-0.39, 0.29) is 6.42 Å². The molecule has 27 heavy (non-hydrogen) atoms. The van der Waals surface area contributed by atoms with E-state index >= 15 is 0 Å². The first-order valence-electron chi connectivity index (χ1n) is 7.84. The van der Waals surface area contributed by atoms with E-state index in [1.807, 2.05) is 0 Å². The molecular formula is C14H22N6O7. The number of amides is 3. The molecule has 3 amide bonds. The molecule has 9 N–H and O–H groups in total. The second-order valence-corrected chi connectivity index (χ2v) is 5.43. The highest BCUT2D eigenvalue weighted by Crippen LogP contribution is 2.00. The first kappa shape index (κ1) is 22.0. The number of hydrogen-bond donors (Lipinski definition) is 8. The molecule has 0 fully saturated rings. The molecule has 0 radical (unpaired) electrons. The number of nitrogens with one attached hydrogen (secondary N) is 4. The van der Waals surface area contributed by atoms with Gasteiger partial charge in [-0.15, -0.1) is 0 Å². The number of nitrogens with two attached hydrogens (primary N) is 1. The van der Waals surface area contributed by atoms with Crippen molar-refractivity contribution >= 4 is 23.7 Å². The lowest BCUT2D eigenvalue weighted by molar-refractivity contribution is -0.142. The minimum atomic E-state index is -1.50. The Bertz CT molecular complexity index is 650. The fraction of sp³-hybridized carbons (Fsp3) is 0.500. The summed E-state index contributed by atoms with van der Waals surface area (Å²) in [5, 5.41) is 34.1. The van der Waals surface area contributed by atoms with Crippen LogP contribution in [0.2, 0.25) is 0 Å². The van der Waals surface area contributed by atoms with Gasteiger partial charge in [0.05, 0.1) is 26.1 Å². The van der Waals surface area contributed by atoms with Crippen LogP contribution in [0.4, 0.5) is 0 Å². The average Bonchev–Trinajstić information content (AvgIpc) is 3.15. The van der Waals surface area contributed by atoms with Gasteiger partial charge in [-0.05, 0) is 0 Å². The molecule has 3 unspecified atom stereocenters. The fourth-order valence-electron chi connectivity index (χ4n) is 2.00. The molecule has 0 saturated heterocycles. The number of carbonyl (C=O) groups excluding carboxylic acids is 3. The lowest BCUT2D eigenvalue weighted by Crippen LogP contribution is -2.58. The Hall–Kier alpha value is -3.03. The zero-order valence-electron chi connectivity index (χ0n) is 14.2. The first-order chi connectivity index (χ1) is 12.8. The van der Waals surface area contributed by atoms with E-state index in [1.165, 1.54) is 12.5 Å². The summed E-state index contributed by atoms with van der Waals surface area (Å²) in [4.78, 5) is 53.2. The van der Waals surface area contributed by atoms with Crippen LogP contribution in [0.5, 0.6) is 0 Å². The van der Waals surface area contributed by atoms with Gasteiger partial charge in [0.1, 0.15) is 18.1 Å². The molecule has 1 aromatic rings. The number of aliphatic hydroxyl groups is 2. The Morgan fingerprint density at radius 2 is 1.59 bits per heavy atom. The maximum absolute atomic E-state index is 12.2. The zero-order chi connectivity index (χ0) is 20.4. The van der Waals surface area contributed by atoms with Crippen LogP contribution in [0.15, 0.2) is 12.5 Å². The SMILES string of the molecule is NCC(=O)NC(CO)C(=O)NC(CO)C(=O)NC(Cc1cnc[nH]1)C(=O)O. The second kappa shape index (κ2) is 10.8. The van der Waals surface area contributed by atoms with Gasteiger partial charge >= 0.3 is 5.97 Å². The van der Waals surface area contributed by atoms with Crippen molar-refractivity contribution < 1.29 is 34.5 Å². The molecule has 0 aliphatic heterocycles. The maximum Gasteiger partial charge on any atom is 0.326 e. The highest BCUT2D eigenvalue weighted by Gasteiger charge is 2.29. The number of aromatic nitrogens is 2. The number of nitrogens with zero attached hydrogens (tertiary/aromatic N) is 1. The van der Waals surface area contributed by atoms with Crippen LogP contribution >= 0.6 is 0 Å². The maximum atomic E-state index is 12.2. The molecule has 0 aromatic carbocycles. The number of H-pyrrole nitrogens is 1. The first-order valence-corrected chi connectivity index (χ1v) is 7.84. The normalized spacial score (nSPS) is 13.9. The summed E-state index contributed by atoms with van der Waals surface area (Å²) in [5.41, 5.74) is 5.55.